The van der Waals surface area contributed by atoms with Crippen molar-refractivity contribution < 1.29 is 23.8 Å². The summed E-state index contributed by atoms with van der Waals surface area (Å²) in [5.41, 5.74) is 4.92. The normalized spacial score (nSPS) is 13.4. The molecule has 1 saturated carbocycles. The van der Waals surface area contributed by atoms with E-state index in [4.69, 9.17) is 14.2 Å². The van der Waals surface area contributed by atoms with Crippen molar-refractivity contribution in [2.75, 3.05) is 0 Å². The zero-order valence-corrected chi connectivity index (χ0v) is 20.4. The van der Waals surface area contributed by atoms with Gasteiger partial charge in [0.05, 0.1) is 0 Å². The minimum absolute atomic E-state index is 0.252. The van der Waals surface area contributed by atoms with Crippen molar-refractivity contribution >= 4 is 12.3 Å². The molecule has 0 aromatic heterocycles. The number of carbonyl (C=O) groups excluding carboxylic acids is 2. The predicted molar refractivity (Wildman–Crippen MR) is 135 cm³/mol. The summed E-state index contributed by atoms with van der Waals surface area (Å²) in [7, 11) is 0. The van der Waals surface area contributed by atoms with Gasteiger partial charge in [0, 0.05) is 12.0 Å². The molecule has 1 aliphatic rings. The molecule has 4 rings (SSSR count). The van der Waals surface area contributed by atoms with Gasteiger partial charge in [-0.1, -0.05) is 43.9 Å². The van der Waals surface area contributed by atoms with Crippen LogP contribution in [0.2, 0.25) is 0 Å². The molecule has 0 N–H and O–H groups in total. The second-order valence-electron chi connectivity index (χ2n) is 9.22. The Hall–Kier alpha value is -3.60. The van der Waals surface area contributed by atoms with Crippen LogP contribution in [0.1, 0.15) is 64.7 Å². The molecule has 0 spiro atoms. The number of hydrogen-bond donors (Lipinski definition) is 0. The van der Waals surface area contributed by atoms with Crippen LogP contribution in [0.15, 0.2) is 60.7 Å². The zero-order valence-electron chi connectivity index (χ0n) is 20.4. The molecular weight excluding hydrogens is 440 g/mol. The Balaban J connectivity index is 1.34. The van der Waals surface area contributed by atoms with Gasteiger partial charge in [0.15, 0.2) is 5.78 Å². The second kappa shape index (κ2) is 11.7. The first-order valence-corrected chi connectivity index (χ1v) is 12.2. The van der Waals surface area contributed by atoms with Gasteiger partial charge in [-0.15, -0.1) is 0 Å². The van der Waals surface area contributed by atoms with Crippen molar-refractivity contribution in [1.29, 1.82) is 0 Å². The first-order valence-electron chi connectivity index (χ1n) is 12.2. The van der Waals surface area contributed by atoms with Crippen LogP contribution < -0.4 is 14.2 Å². The number of ether oxygens (including phenoxy) is 3. The van der Waals surface area contributed by atoms with Crippen LogP contribution in [0, 0.1) is 19.8 Å². The largest absolute Gasteiger partial charge is 0.489 e. The molecule has 1 fully saturated rings. The molecule has 182 valence electrons. The Morgan fingerprint density at radius 2 is 1.51 bits per heavy atom. The predicted octanol–water partition coefficient (Wildman–Crippen LogP) is 6.76. The van der Waals surface area contributed by atoms with Gasteiger partial charge in [0.25, 0.3) is 6.47 Å². The van der Waals surface area contributed by atoms with Crippen LogP contribution in [0.3, 0.4) is 0 Å². The van der Waals surface area contributed by atoms with Crippen LogP contribution in [0.4, 0.5) is 0 Å². The molecule has 0 unspecified atom stereocenters. The molecule has 5 heteroatoms. The zero-order chi connectivity index (χ0) is 24.6. The third kappa shape index (κ3) is 6.50. The monoisotopic (exact) mass is 472 g/mol. The summed E-state index contributed by atoms with van der Waals surface area (Å²) in [6.07, 6.45) is 5.52. The third-order valence-electron chi connectivity index (χ3n) is 6.79. The van der Waals surface area contributed by atoms with E-state index >= 15 is 0 Å². The number of hydrogen-bond acceptors (Lipinski definition) is 5. The van der Waals surface area contributed by atoms with E-state index in [1.165, 1.54) is 25.7 Å². The van der Waals surface area contributed by atoms with Crippen LogP contribution in [-0.2, 0) is 18.0 Å². The number of rotatable bonds is 11. The smallest absolute Gasteiger partial charge is 0.298 e. The van der Waals surface area contributed by atoms with E-state index in [0.29, 0.717) is 43.5 Å². The van der Waals surface area contributed by atoms with Crippen LogP contribution in [0.25, 0.3) is 0 Å². The Morgan fingerprint density at radius 1 is 0.857 bits per heavy atom. The number of carbonyl (C=O) groups is 2. The molecule has 3 aromatic rings. The summed E-state index contributed by atoms with van der Waals surface area (Å²) >= 11 is 0. The van der Waals surface area contributed by atoms with Gasteiger partial charge >= 0.3 is 0 Å². The van der Waals surface area contributed by atoms with E-state index in [0.717, 1.165) is 33.6 Å². The number of benzene rings is 3. The fourth-order valence-electron chi connectivity index (χ4n) is 4.65. The van der Waals surface area contributed by atoms with Gasteiger partial charge in [0.1, 0.15) is 30.5 Å². The summed E-state index contributed by atoms with van der Waals surface area (Å²) in [5, 5.41) is 0. The maximum absolute atomic E-state index is 12.8. The Labute approximate surface area is 207 Å². The lowest BCUT2D eigenvalue weighted by Crippen LogP contribution is -2.09. The SMILES string of the molecule is Cc1c(OCc2cccc(COc3ccc(OC=O)cc3)c2)ccc(C(=O)CC2CCCC2)c1C. The molecule has 0 heterocycles. The maximum atomic E-state index is 12.8. The van der Waals surface area contributed by atoms with Gasteiger partial charge in [-0.2, -0.15) is 0 Å². The lowest BCUT2D eigenvalue weighted by atomic mass is 9.92. The molecule has 0 saturated heterocycles. The maximum Gasteiger partial charge on any atom is 0.298 e. The molecule has 0 radical (unpaired) electrons. The van der Waals surface area contributed by atoms with Crippen molar-refractivity contribution in [1.82, 2.24) is 0 Å². The quantitative estimate of drug-likeness (QED) is 0.228. The molecule has 1 aliphatic carbocycles. The minimum Gasteiger partial charge on any atom is -0.489 e. The first kappa shape index (κ1) is 24.5. The highest BCUT2D eigenvalue weighted by Gasteiger charge is 2.21. The summed E-state index contributed by atoms with van der Waals surface area (Å²) in [4.78, 5) is 23.2. The molecule has 35 heavy (non-hydrogen) atoms. The highest BCUT2D eigenvalue weighted by molar-refractivity contribution is 5.98. The van der Waals surface area contributed by atoms with Crippen molar-refractivity contribution in [3.63, 3.8) is 0 Å². The summed E-state index contributed by atoms with van der Waals surface area (Å²) < 4.78 is 16.8. The topological polar surface area (TPSA) is 61.8 Å². The van der Waals surface area contributed by atoms with Crippen molar-refractivity contribution in [2.45, 2.75) is 59.2 Å². The average molecular weight is 473 g/mol. The van der Waals surface area contributed by atoms with Gasteiger partial charge in [-0.05, 0) is 84.5 Å². The molecular formula is C30H32O5. The number of Topliss-reactive ketones (excluding diaryl/α,β-unsaturated/α-hetero) is 1. The first-order chi connectivity index (χ1) is 17.0. The summed E-state index contributed by atoms with van der Waals surface area (Å²) in [6.45, 7) is 5.28. The van der Waals surface area contributed by atoms with Gasteiger partial charge in [-0.3, -0.25) is 9.59 Å². The van der Waals surface area contributed by atoms with E-state index in [9.17, 15) is 9.59 Å². The minimum atomic E-state index is 0.252. The fraction of sp³-hybridized carbons (Fsp3) is 0.333. The van der Waals surface area contributed by atoms with E-state index in [1.807, 2.05) is 44.2 Å². The lowest BCUT2D eigenvalue weighted by molar-refractivity contribution is -0.120. The fourth-order valence-corrected chi connectivity index (χ4v) is 4.65. The summed E-state index contributed by atoms with van der Waals surface area (Å²) in [6, 6.07) is 18.8. The lowest BCUT2D eigenvalue weighted by Gasteiger charge is -2.16. The van der Waals surface area contributed by atoms with E-state index in [-0.39, 0.29) is 5.78 Å². The standard InChI is InChI=1S/C30H32O5/c1-21-22(2)30(15-14-28(21)29(32)17-23-6-3-4-7-23)34-19-25-9-5-8-24(16-25)18-33-26-10-12-27(13-11-26)35-20-31/h5,8-16,20,23H,3-4,6-7,17-19H2,1-2H3. The Morgan fingerprint density at radius 3 is 2.20 bits per heavy atom. The Bertz CT molecular complexity index is 1160. The van der Waals surface area contributed by atoms with Gasteiger partial charge in [-0.25, -0.2) is 0 Å². The Kier molecular flexibility index (Phi) is 8.19. The molecule has 5 nitrogen and oxygen atoms in total. The second-order valence-corrected chi connectivity index (χ2v) is 9.22. The van der Waals surface area contributed by atoms with E-state index in [1.54, 1.807) is 24.3 Å². The van der Waals surface area contributed by atoms with Crippen molar-refractivity contribution in [3.8, 4) is 17.2 Å². The van der Waals surface area contributed by atoms with Crippen LogP contribution >= 0.6 is 0 Å². The number of ketones is 1. The third-order valence-corrected chi connectivity index (χ3v) is 6.79. The average Bonchev–Trinajstić information content (AvgIpc) is 3.38. The van der Waals surface area contributed by atoms with E-state index in [2.05, 4.69) is 6.07 Å². The summed E-state index contributed by atoms with van der Waals surface area (Å²) in [5.74, 6) is 2.77. The highest BCUT2D eigenvalue weighted by atomic mass is 16.5. The molecule has 0 bridgehead atoms. The molecule has 0 atom stereocenters. The van der Waals surface area contributed by atoms with Crippen LogP contribution in [-0.4, -0.2) is 12.3 Å². The molecule has 0 aliphatic heterocycles. The highest BCUT2D eigenvalue weighted by Crippen LogP contribution is 2.31. The van der Waals surface area contributed by atoms with E-state index < -0.39 is 0 Å². The van der Waals surface area contributed by atoms with Crippen molar-refractivity contribution in [2.24, 2.45) is 5.92 Å². The molecule has 0 amide bonds. The van der Waals surface area contributed by atoms with Gasteiger partial charge < -0.3 is 14.2 Å². The molecule has 3 aromatic carbocycles. The van der Waals surface area contributed by atoms with Crippen molar-refractivity contribution in [3.05, 3.63) is 88.5 Å². The van der Waals surface area contributed by atoms with Gasteiger partial charge in [0.2, 0.25) is 0 Å². The van der Waals surface area contributed by atoms with Crippen LogP contribution in [0.5, 0.6) is 17.2 Å².